The lowest BCUT2D eigenvalue weighted by molar-refractivity contribution is -0.121. The van der Waals surface area contributed by atoms with Gasteiger partial charge in [-0.3, -0.25) is 4.79 Å². The number of nitrogens with two attached hydrogens (primary N) is 1. The Morgan fingerprint density at radius 2 is 2.50 bits per heavy atom. The van der Waals surface area contributed by atoms with E-state index in [1.54, 1.807) is 0 Å². The van der Waals surface area contributed by atoms with E-state index in [9.17, 15) is 4.79 Å². The molecule has 3 N–H and O–H groups in total. The fourth-order valence-corrected chi connectivity index (χ4v) is 2.36. The number of rotatable bonds is 4. The van der Waals surface area contributed by atoms with Crippen molar-refractivity contribution >= 4 is 5.91 Å². The van der Waals surface area contributed by atoms with Crippen LogP contribution in [-0.4, -0.2) is 28.5 Å². The van der Waals surface area contributed by atoms with Crippen molar-refractivity contribution in [3.8, 4) is 0 Å². The summed E-state index contributed by atoms with van der Waals surface area (Å²) >= 11 is 0. The Bertz CT molecular complexity index is 374. The highest BCUT2D eigenvalue weighted by Crippen LogP contribution is 2.27. The minimum absolute atomic E-state index is 0.104. The summed E-state index contributed by atoms with van der Waals surface area (Å²) < 4.78 is 2.12. The highest BCUT2D eigenvalue weighted by atomic mass is 16.1. The molecule has 2 heterocycles. The summed E-state index contributed by atoms with van der Waals surface area (Å²) in [6, 6.07) is 0. The number of hydrogen-bond donors (Lipinski definition) is 2. The molecule has 2 unspecified atom stereocenters. The van der Waals surface area contributed by atoms with Gasteiger partial charge in [0.1, 0.15) is 0 Å². The normalized spacial score (nSPS) is 24.8. The molecule has 0 aliphatic carbocycles. The average Bonchev–Trinajstić information content (AvgIpc) is 2.83. The van der Waals surface area contributed by atoms with Crippen LogP contribution in [-0.2, 0) is 11.3 Å². The number of carbonyl (C=O) groups is 1. The van der Waals surface area contributed by atoms with Crippen molar-refractivity contribution in [2.45, 2.75) is 25.8 Å². The van der Waals surface area contributed by atoms with Crippen molar-refractivity contribution in [2.75, 3.05) is 13.1 Å². The molecule has 1 aliphatic rings. The first-order valence-electron chi connectivity index (χ1n) is 5.74. The van der Waals surface area contributed by atoms with Gasteiger partial charge >= 0.3 is 0 Å². The molecule has 0 bridgehead atoms. The Labute approximate surface area is 95.0 Å². The summed E-state index contributed by atoms with van der Waals surface area (Å²) in [4.78, 5) is 15.5. The zero-order chi connectivity index (χ0) is 11.5. The van der Waals surface area contributed by atoms with E-state index in [-0.39, 0.29) is 17.7 Å². The molecule has 88 valence electrons. The van der Waals surface area contributed by atoms with Crippen LogP contribution < -0.4 is 11.1 Å². The summed E-state index contributed by atoms with van der Waals surface area (Å²) in [5.74, 6) is -0.155. The molecular formula is C11H18N4O. The molecular weight excluding hydrogens is 204 g/mol. The predicted molar refractivity (Wildman–Crippen MR) is 60.8 cm³/mol. The van der Waals surface area contributed by atoms with Crippen LogP contribution in [0.3, 0.4) is 0 Å². The summed E-state index contributed by atoms with van der Waals surface area (Å²) in [6.45, 7) is 4.56. The van der Waals surface area contributed by atoms with Gasteiger partial charge in [0.25, 0.3) is 0 Å². The molecule has 1 saturated heterocycles. The number of aryl methyl sites for hydroxylation is 1. The molecule has 0 aromatic carbocycles. The highest BCUT2D eigenvalue weighted by molar-refractivity contribution is 5.78. The quantitative estimate of drug-likeness (QED) is 0.758. The second-order valence-corrected chi connectivity index (χ2v) is 4.29. The topological polar surface area (TPSA) is 72.9 Å². The number of hydrogen-bond acceptors (Lipinski definition) is 3. The first-order valence-corrected chi connectivity index (χ1v) is 5.74. The zero-order valence-corrected chi connectivity index (χ0v) is 9.52. The van der Waals surface area contributed by atoms with E-state index in [0.29, 0.717) is 6.54 Å². The first kappa shape index (κ1) is 11.1. The monoisotopic (exact) mass is 222 g/mol. The van der Waals surface area contributed by atoms with Crippen LogP contribution >= 0.6 is 0 Å². The molecule has 5 nitrogen and oxygen atoms in total. The van der Waals surface area contributed by atoms with Crippen molar-refractivity contribution in [3.63, 3.8) is 0 Å². The van der Waals surface area contributed by atoms with Gasteiger partial charge in [0.2, 0.25) is 5.91 Å². The standard InChI is InChI=1S/C11H18N4O/c1-2-3-15-7-14-6-10(15)8-4-13-5-9(8)11(12)16/h6-9,13H,2-5H2,1H3,(H2,12,16). The van der Waals surface area contributed by atoms with Gasteiger partial charge in [-0.05, 0) is 6.42 Å². The highest BCUT2D eigenvalue weighted by Gasteiger charge is 2.34. The lowest BCUT2D eigenvalue weighted by Gasteiger charge is -2.17. The van der Waals surface area contributed by atoms with Crippen LogP contribution in [0.15, 0.2) is 12.5 Å². The molecule has 1 aromatic rings. The zero-order valence-electron chi connectivity index (χ0n) is 9.52. The van der Waals surface area contributed by atoms with Crippen LogP contribution in [0.2, 0.25) is 0 Å². The summed E-state index contributed by atoms with van der Waals surface area (Å²) in [5, 5.41) is 3.22. The Kier molecular flexibility index (Phi) is 3.24. The van der Waals surface area contributed by atoms with Gasteiger partial charge in [-0.15, -0.1) is 0 Å². The number of imidazole rings is 1. The van der Waals surface area contributed by atoms with Crippen LogP contribution in [0.1, 0.15) is 25.0 Å². The molecule has 5 heteroatoms. The van der Waals surface area contributed by atoms with Crippen LogP contribution in [0.5, 0.6) is 0 Å². The van der Waals surface area contributed by atoms with E-state index < -0.39 is 0 Å². The summed E-state index contributed by atoms with van der Waals surface area (Å²) in [7, 11) is 0. The van der Waals surface area contributed by atoms with Crippen LogP contribution in [0.25, 0.3) is 0 Å². The van der Waals surface area contributed by atoms with Crippen molar-refractivity contribution in [3.05, 3.63) is 18.2 Å². The fraction of sp³-hybridized carbons (Fsp3) is 0.636. The van der Waals surface area contributed by atoms with Gasteiger partial charge in [-0.1, -0.05) is 6.92 Å². The number of nitrogens with one attached hydrogen (secondary N) is 1. The summed E-state index contributed by atoms with van der Waals surface area (Å²) in [5.41, 5.74) is 6.53. The molecule has 1 aliphatic heterocycles. The van der Waals surface area contributed by atoms with Crippen LogP contribution in [0, 0.1) is 5.92 Å². The van der Waals surface area contributed by atoms with E-state index in [0.717, 1.165) is 25.2 Å². The Morgan fingerprint density at radius 1 is 1.69 bits per heavy atom. The maximum Gasteiger partial charge on any atom is 0.222 e. The van der Waals surface area contributed by atoms with Gasteiger partial charge in [-0.2, -0.15) is 0 Å². The fourth-order valence-electron chi connectivity index (χ4n) is 2.36. The maximum atomic E-state index is 11.3. The molecule has 0 saturated carbocycles. The van der Waals surface area contributed by atoms with Gasteiger partial charge < -0.3 is 15.6 Å². The van der Waals surface area contributed by atoms with Crippen molar-refractivity contribution in [2.24, 2.45) is 11.7 Å². The molecule has 0 radical (unpaired) electrons. The van der Waals surface area contributed by atoms with Crippen LogP contribution in [0.4, 0.5) is 0 Å². The number of amides is 1. The predicted octanol–water partition coefficient (Wildman–Crippen LogP) is 0.0814. The summed E-state index contributed by atoms with van der Waals surface area (Å²) in [6.07, 6.45) is 4.74. The molecule has 16 heavy (non-hydrogen) atoms. The van der Waals surface area contributed by atoms with Gasteiger partial charge in [-0.25, -0.2) is 4.98 Å². The smallest absolute Gasteiger partial charge is 0.222 e. The molecule has 2 rings (SSSR count). The molecule has 1 amide bonds. The van der Waals surface area contributed by atoms with E-state index in [2.05, 4.69) is 21.8 Å². The molecule has 1 fully saturated rings. The number of aromatic nitrogens is 2. The van der Waals surface area contributed by atoms with Crippen molar-refractivity contribution < 1.29 is 4.79 Å². The molecule has 0 spiro atoms. The molecule has 2 atom stereocenters. The van der Waals surface area contributed by atoms with Crippen molar-refractivity contribution in [1.82, 2.24) is 14.9 Å². The Hall–Kier alpha value is -1.36. The third kappa shape index (κ3) is 1.95. The number of carbonyl (C=O) groups excluding carboxylic acids is 1. The van der Waals surface area contributed by atoms with E-state index in [1.165, 1.54) is 0 Å². The lowest BCUT2D eigenvalue weighted by Crippen LogP contribution is -2.29. The third-order valence-electron chi connectivity index (χ3n) is 3.17. The minimum Gasteiger partial charge on any atom is -0.369 e. The van der Waals surface area contributed by atoms with E-state index >= 15 is 0 Å². The average molecular weight is 222 g/mol. The number of nitrogens with zero attached hydrogens (tertiary/aromatic N) is 2. The van der Waals surface area contributed by atoms with Gasteiger partial charge in [0, 0.05) is 37.4 Å². The third-order valence-corrected chi connectivity index (χ3v) is 3.17. The second-order valence-electron chi connectivity index (χ2n) is 4.29. The maximum absolute atomic E-state index is 11.3. The van der Waals surface area contributed by atoms with Gasteiger partial charge in [0.05, 0.1) is 12.2 Å². The second kappa shape index (κ2) is 4.65. The molecule has 1 aromatic heterocycles. The van der Waals surface area contributed by atoms with Crippen molar-refractivity contribution in [1.29, 1.82) is 0 Å². The minimum atomic E-state index is -0.223. The van der Waals surface area contributed by atoms with E-state index in [4.69, 9.17) is 5.73 Å². The largest absolute Gasteiger partial charge is 0.369 e. The first-order chi connectivity index (χ1) is 7.74. The SMILES string of the molecule is CCCn1cncc1C1CNCC1C(N)=O. The van der Waals surface area contributed by atoms with E-state index in [1.807, 2.05) is 12.5 Å². The Balaban J connectivity index is 2.22. The van der Waals surface area contributed by atoms with Gasteiger partial charge in [0.15, 0.2) is 0 Å². The Morgan fingerprint density at radius 3 is 3.19 bits per heavy atom. The lowest BCUT2D eigenvalue weighted by atomic mass is 9.92. The number of primary amides is 1.